The molecule has 0 aliphatic rings. The fourth-order valence-electron chi connectivity index (χ4n) is 8.41. The predicted octanol–water partition coefficient (Wildman–Crippen LogP) is 13.9. The molecule has 0 amide bonds. The molecule has 0 fully saturated rings. The minimum atomic E-state index is 0.678. The molecule has 56 heavy (non-hydrogen) atoms. The molecule has 260 valence electrons. The van der Waals surface area contributed by atoms with E-state index in [9.17, 15) is 0 Å². The average Bonchev–Trinajstić information content (AvgIpc) is 3.28. The molecule has 0 spiro atoms. The van der Waals surface area contributed by atoms with Crippen LogP contribution in [-0.4, -0.2) is 15.0 Å². The maximum absolute atomic E-state index is 5.27. The van der Waals surface area contributed by atoms with Gasteiger partial charge in [0.15, 0.2) is 5.82 Å². The van der Waals surface area contributed by atoms with Gasteiger partial charge in [0.2, 0.25) is 0 Å². The predicted molar refractivity (Wildman–Crippen MR) is 234 cm³/mol. The van der Waals surface area contributed by atoms with Crippen molar-refractivity contribution in [3.63, 3.8) is 0 Å². The minimum Gasteiger partial charge on any atom is -0.256 e. The lowest BCUT2D eigenvalue weighted by molar-refractivity contribution is 1.18. The normalized spacial score (nSPS) is 11.6. The highest BCUT2D eigenvalue weighted by atomic mass is 14.9. The summed E-state index contributed by atoms with van der Waals surface area (Å²) >= 11 is 0. The monoisotopic (exact) mass is 711 g/mol. The van der Waals surface area contributed by atoms with Gasteiger partial charge in [-0.3, -0.25) is 4.98 Å². The van der Waals surface area contributed by atoms with Crippen molar-refractivity contribution in [1.29, 1.82) is 0 Å². The maximum atomic E-state index is 5.27. The van der Waals surface area contributed by atoms with Crippen molar-refractivity contribution < 1.29 is 0 Å². The average molecular weight is 712 g/mol. The zero-order chi connectivity index (χ0) is 37.0. The van der Waals surface area contributed by atoms with Crippen molar-refractivity contribution >= 4 is 43.1 Å². The van der Waals surface area contributed by atoms with Gasteiger partial charge in [-0.25, -0.2) is 9.97 Å². The quantitative estimate of drug-likeness (QED) is 0.161. The van der Waals surface area contributed by atoms with Crippen LogP contribution < -0.4 is 0 Å². The van der Waals surface area contributed by atoms with Crippen LogP contribution in [0.1, 0.15) is 0 Å². The van der Waals surface area contributed by atoms with E-state index >= 15 is 0 Å². The van der Waals surface area contributed by atoms with E-state index in [1.807, 2.05) is 30.5 Å². The highest BCUT2D eigenvalue weighted by Crippen LogP contribution is 2.43. The van der Waals surface area contributed by atoms with Crippen molar-refractivity contribution in [2.45, 2.75) is 0 Å². The Morgan fingerprint density at radius 2 is 0.857 bits per heavy atom. The lowest BCUT2D eigenvalue weighted by Crippen LogP contribution is -1.97. The fourth-order valence-corrected chi connectivity index (χ4v) is 8.41. The first-order valence-electron chi connectivity index (χ1n) is 19.0. The molecule has 3 heteroatoms. The van der Waals surface area contributed by atoms with Gasteiger partial charge in [-0.1, -0.05) is 164 Å². The number of pyridine rings is 1. The third kappa shape index (κ3) is 5.40. The van der Waals surface area contributed by atoms with Crippen LogP contribution in [0.5, 0.6) is 0 Å². The third-order valence-electron chi connectivity index (χ3n) is 11.1. The minimum absolute atomic E-state index is 0.678. The molecule has 2 heterocycles. The van der Waals surface area contributed by atoms with Crippen LogP contribution in [-0.2, 0) is 0 Å². The molecule has 2 aromatic heterocycles. The second kappa shape index (κ2) is 13.1. The van der Waals surface area contributed by atoms with Crippen molar-refractivity contribution in [3.8, 4) is 67.4 Å². The summed E-state index contributed by atoms with van der Waals surface area (Å²) in [6.07, 6.45) is 1.83. The molecular formula is C53H33N3. The maximum Gasteiger partial charge on any atom is 0.160 e. The number of hydrogen-bond donors (Lipinski definition) is 0. The summed E-state index contributed by atoms with van der Waals surface area (Å²) in [5, 5.41) is 10.1. The van der Waals surface area contributed by atoms with Gasteiger partial charge in [0.05, 0.1) is 17.1 Å². The van der Waals surface area contributed by atoms with Gasteiger partial charge in [-0.2, -0.15) is 0 Å². The molecule has 0 aliphatic carbocycles. The van der Waals surface area contributed by atoms with E-state index < -0.39 is 0 Å². The Kier molecular flexibility index (Phi) is 7.49. The van der Waals surface area contributed by atoms with E-state index in [1.54, 1.807) is 0 Å². The van der Waals surface area contributed by atoms with E-state index in [0.717, 1.165) is 44.9 Å². The second-order valence-corrected chi connectivity index (χ2v) is 14.4. The number of hydrogen-bond acceptors (Lipinski definition) is 3. The van der Waals surface area contributed by atoms with Crippen molar-refractivity contribution in [2.24, 2.45) is 0 Å². The summed E-state index contributed by atoms with van der Waals surface area (Å²) in [4.78, 5) is 15.1. The van der Waals surface area contributed by atoms with Crippen LogP contribution in [0.4, 0.5) is 0 Å². The molecule has 0 saturated carbocycles. The lowest BCUT2D eigenvalue weighted by atomic mass is 9.87. The van der Waals surface area contributed by atoms with Crippen LogP contribution in [0.25, 0.3) is 111 Å². The van der Waals surface area contributed by atoms with Gasteiger partial charge >= 0.3 is 0 Å². The van der Waals surface area contributed by atoms with Gasteiger partial charge in [-0.05, 0) is 95.7 Å². The summed E-state index contributed by atoms with van der Waals surface area (Å²) in [6.45, 7) is 0. The van der Waals surface area contributed by atoms with E-state index in [4.69, 9.17) is 9.97 Å². The van der Waals surface area contributed by atoms with Gasteiger partial charge in [0.25, 0.3) is 0 Å². The van der Waals surface area contributed by atoms with Crippen molar-refractivity contribution in [3.05, 3.63) is 200 Å². The summed E-state index contributed by atoms with van der Waals surface area (Å²) in [7, 11) is 0. The number of fused-ring (bicyclic) bond motifs is 1. The van der Waals surface area contributed by atoms with Gasteiger partial charge in [0, 0.05) is 28.5 Å². The standard InChI is InChI=1S/C53H33N3/c1-2-12-35(13-3-1)49-33-50(45-18-7-6-17-44(45)48-19-8-9-30-54-48)56-53(55-49)41-16-10-15-39(32-41)42-26-22-36-25-29-47-43(27-23-37-24-28-46(42)51(36)52(37)47)40-21-20-34-11-4-5-14-38(34)31-40/h1-33H. The Bertz CT molecular complexity index is 3240. The molecule has 0 atom stereocenters. The SMILES string of the molecule is c1ccc(-c2cc(-c3ccccc3-c3ccccn3)nc(-c3cccc(-c4ccc5ccc6c(-c7ccc8ccccc8c7)ccc7ccc4c5c76)c3)n2)cc1. The molecule has 0 bridgehead atoms. The Morgan fingerprint density at radius 3 is 1.59 bits per heavy atom. The molecule has 11 rings (SSSR count). The summed E-state index contributed by atoms with van der Waals surface area (Å²) in [5.41, 5.74) is 11.5. The topological polar surface area (TPSA) is 38.7 Å². The molecule has 0 aliphatic heterocycles. The summed E-state index contributed by atoms with van der Waals surface area (Å²) < 4.78 is 0. The molecule has 3 nitrogen and oxygen atoms in total. The highest BCUT2D eigenvalue weighted by molar-refractivity contribution is 6.27. The molecule has 0 radical (unpaired) electrons. The number of rotatable bonds is 6. The number of aromatic nitrogens is 3. The first-order valence-corrected chi connectivity index (χ1v) is 19.0. The van der Waals surface area contributed by atoms with Crippen molar-refractivity contribution in [1.82, 2.24) is 15.0 Å². The number of benzene rings is 9. The molecule has 0 unspecified atom stereocenters. The first-order chi connectivity index (χ1) is 27.7. The number of nitrogens with zero attached hydrogens (tertiary/aromatic N) is 3. The van der Waals surface area contributed by atoms with Crippen LogP contribution in [0, 0.1) is 0 Å². The fraction of sp³-hybridized carbons (Fsp3) is 0. The zero-order valence-electron chi connectivity index (χ0n) is 30.4. The van der Waals surface area contributed by atoms with E-state index in [1.165, 1.54) is 59.8 Å². The second-order valence-electron chi connectivity index (χ2n) is 14.4. The van der Waals surface area contributed by atoms with Gasteiger partial charge in [-0.15, -0.1) is 0 Å². The van der Waals surface area contributed by atoms with Gasteiger partial charge in [0.1, 0.15) is 0 Å². The molecule has 11 aromatic rings. The van der Waals surface area contributed by atoms with Crippen LogP contribution in [0.15, 0.2) is 200 Å². The molecule has 0 N–H and O–H groups in total. The summed E-state index contributed by atoms with van der Waals surface area (Å²) in [5.74, 6) is 0.678. The smallest absolute Gasteiger partial charge is 0.160 e. The Morgan fingerprint density at radius 1 is 0.286 bits per heavy atom. The molecular weight excluding hydrogens is 679 g/mol. The van der Waals surface area contributed by atoms with E-state index in [0.29, 0.717) is 5.82 Å². The first kappa shape index (κ1) is 32.0. The Balaban J connectivity index is 1.07. The van der Waals surface area contributed by atoms with Gasteiger partial charge < -0.3 is 0 Å². The Labute approximate surface area is 324 Å². The van der Waals surface area contributed by atoms with Crippen LogP contribution in [0.3, 0.4) is 0 Å². The van der Waals surface area contributed by atoms with Crippen molar-refractivity contribution in [2.75, 3.05) is 0 Å². The highest BCUT2D eigenvalue weighted by Gasteiger charge is 2.18. The summed E-state index contributed by atoms with van der Waals surface area (Å²) in [6, 6.07) is 69.1. The third-order valence-corrected chi connectivity index (χ3v) is 11.1. The largest absolute Gasteiger partial charge is 0.256 e. The van der Waals surface area contributed by atoms with Crippen LogP contribution >= 0.6 is 0 Å². The Hall–Kier alpha value is -7.49. The molecule has 9 aromatic carbocycles. The van der Waals surface area contributed by atoms with E-state index in [2.05, 4.69) is 175 Å². The van der Waals surface area contributed by atoms with Crippen LogP contribution in [0.2, 0.25) is 0 Å². The van der Waals surface area contributed by atoms with E-state index in [-0.39, 0.29) is 0 Å². The zero-order valence-corrected chi connectivity index (χ0v) is 30.4. The lowest BCUT2D eigenvalue weighted by Gasteiger charge is -2.17. The molecule has 0 saturated heterocycles.